The largest absolute Gasteiger partial charge is 0.472 e. The molecule has 5 aliphatic rings. The molecule has 6 aromatic carbocycles. The van der Waals surface area contributed by atoms with E-state index in [2.05, 4.69) is 132 Å². The topological polar surface area (TPSA) is 12.5 Å². The van der Waals surface area contributed by atoms with Crippen molar-refractivity contribution < 1.29 is 4.74 Å². The maximum Gasteiger partial charge on any atom is 0.178 e. The minimum atomic E-state index is -0.741. The lowest BCUT2D eigenvalue weighted by molar-refractivity contribution is 0.163. The lowest BCUT2D eigenvalue weighted by atomic mass is 9.65. The smallest absolute Gasteiger partial charge is 0.178 e. The van der Waals surface area contributed by atoms with Crippen LogP contribution in [-0.4, -0.2) is 13.1 Å². The predicted octanol–water partition coefficient (Wildman–Crippen LogP) is 11.4. The third-order valence-corrected chi connectivity index (χ3v) is 13.1. The van der Waals surface area contributed by atoms with Crippen LogP contribution in [0.4, 0.5) is 5.69 Å². The molecule has 11 rings (SSSR count). The summed E-state index contributed by atoms with van der Waals surface area (Å²) in [7, 11) is 0. The van der Waals surface area contributed by atoms with Crippen molar-refractivity contribution in [1.29, 1.82) is 0 Å². The van der Waals surface area contributed by atoms with Gasteiger partial charge in [-0.15, -0.1) is 0 Å². The number of ether oxygens (including phenoxy) is 1. The Labute approximate surface area is 289 Å². The van der Waals surface area contributed by atoms with Crippen molar-refractivity contribution in [3.8, 4) is 16.9 Å². The molecule has 4 atom stereocenters. The zero-order valence-electron chi connectivity index (χ0n) is 28.0. The molecule has 1 saturated heterocycles. The fourth-order valence-corrected chi connectivity index (χ4v) is 11.0. The van der Waals surface area contributed by atoms with Gasteiger partial charge in [0.2, 0.25) is 0 Å². The molecular weight excluding hydrogens is 595 g/mol. The highest BCUT2D eigenvalue weighted by atomic mass is 16.5. The molecule has 3 fully saturated rings. The first-order chi connectivity index (χ1) is 24.2. The van der Waals surface area contributed by atoms with Crippen LogP contribution in [0.15, 0.2) is 121 Å². The second kappa shape index (κ2) is 10.3. The Kier molecular flexibility index (Phi) is 5.92. The van der Waals surface area contributed by atoms with Crippen LogP contribution in [0, 0.1) is 11.8 Å². The summed E-state index contributed by atoms with van der Waals surface area (Å²) >= 11 is 0. The van der Waals surface area contributed by atoms with E-state index in [4.69, 9.17) is 4.74 Å². The summed E-state index contributed by atoms with van der Waals surface area (Å²) in [6, 6.07) is 43.3. The molecule has 240 valence electrons. The molecule has 2 bridgehead atoms. The average Bonchev–Trinajstić information content (AvgIpc) is 3.87. The van der Waals surface area contributed by atoms with Crippen LogP contribution >= 0.6 is 0 Å². The molecule has 4 unspecified atom stereocenters. The lowest BCUT2D eigenvalue weighted by Gasteiger charge is -2.41. The van der Waals surface area contributed by atoms with Gasteiger partial charge in [0.15, 0.2) is 5.60 Å². The summed E-state index contributed by atoms with van der Waals surface area (Å²) in [6.45, 7) is 2.29. The number of anilines is 1. The highest BCUT2D eigenvalue weighted by Crippen LogP contribution is 2.68. The molecule has 1 spiro atoms. The molecule has 2 aliphatic heterocycles. The van der Waals surface area contributed by atoms with Crippen molar-refractivity contribution in [2.75, 3.05) is 18.0 Å². The molecule has 2 heteroatoms. The molecule has 2 saturated carbocycles. The van der Waals surface area contributed by atoms with E-state index in [0.717, 1.165) is 30.3 Å². The highest BCUT2D eigenvalue weighted by molar-refractivity contribution is 6.13. The minimum Gasteiger partial charge on any atom is -0.472 e. The van der Waals surface area contributed by atoms with Gasteiger partial charge in [0.1, 0.15) is 5.75 Å². The number of fused-ring (bicyclic) bond motifs is 14. The fourth-order valence-electron chi connectivity index (χ4n) is 11.0. The van der Waals surface area contributed by atoms with Crippen molar-refractivity contribution >= 4 is 33.3 Å². The first kappa shape index (κ1) is 28.1. The first-order valence-electron chi connectivity index (χ1n) is 18.6. The van der Waals surface area contributed by atoms with Crippen LogP contribution in [0.1, 0.15) is 72.8 Å². The van der Waals surface area contributed by atoms with Crippen LogP contribution < -0.4 is 9.64 Å². The summed E-state index contributed by atoms with van der Waals surface area (Å²) < 4.78 is 7.75. The molecule has 0 N–H and O–H groups in total. The van der Waals surface area contributed by atoms with Crippen LogP contribution in [0.25, 0.3) is 38.7 Å². The average molecular weight is 636 g/mol. The quantitative estimate of drug-likeness (QED) is 0.179. The van der Waals surface area contributed by atoms with Crippen molar-refractivity contribution in [2.24, 2.45) is 11.8 Å². The third-order valence-electron chi connectivity index (χ3n) is 13.1. The molecule has 0 radical (unpaired) electrons. The lowest BCUT2D eigenvalue weighted by Crippen LogP contribution is -2.36. The van der Waals surface area contributed by atoms with Crippen molar-refractivity contribution in [2.45, 2.75) is 56.0 Å². The first-order valence-corrected chi connectivity index (χ1v) is 18.6. The Morgan fingerprint density at radius 1 is 0.673 bits per heavy atom. The minimum absolute atomic E-state index is 0.0509. The molecule has 49 heavy (non-hydrogen) atoms. The Morgan fingerprint density at radius 2 is 1.39 bits per heavy atom. The Morgan fingerprint density at radius 3 is 2.14 bits per heavy atom. The monoisotopic (exact) mass is 635 g/mol. The number of nitrogens with zero attached hydrogens (tertiary/aromatic N) is 1. The van der Waals surface area contributed by atoms with E-state index in [0.29, 0.717) is 5.92 Å². The van der Waals surface area contributed by atoms with Gasteiger partial charge >= 0.3 is 0 Å². The second-order valence-corrected chi connectivity index (χ2v) is 15.5. The van der Waals surface area contributed by atoms with E-state index in [9.17, 15) is 0 Å². The van der Waals surface area contributed by atoms with Gasteiger partial charge in [-0.3, -0.25) is 0 Å². The predicted molar refractivity (Wildman–Crippen MR) is 203 cm³/mol. The van der Waals surface area contributed by atoms with E-state index in [-0.39, 0.29) is 5.41 Å². The number of benzene rings is 6. The summed E-state index contributed by atoms with van der Waals surface area (Å²) in [5.41, 5.74) is 10.3. The van der Waals surface area contributed by atoms with Crippen LogP contribution in [0.5, 0.6) is 5.75 Å². The molecule has 0 amide bonds. The van der Waals surface area contributed by atoms with Gasteiger partial charge in [-0.25, -0.2) is 0 Å². The summed E-state index contributed by atoms with van der Waals surface area (Å²) in [5, 5.41) is 5.10. The van der Waals surface area contributed by atoms with E-state index >= 15 is 0 Å². The molecule has 3 aliphatic carbocycles. The summed E-state index contributed by atoms with van der Waals surface area (Å²) in [6.07, 6.45) is 14.0. The number of hydrogen-bond donors (Lipinski definition) is 0. The fraction of sp³-hybridized carbons (Fsp3) is 0.277. The number of rotatable bonds is 3. The summed E-state index contributed by atoms with van der Waals surface area (Å²) in [5.74, 6) is 2.53. The Hall–Kier alpha value is -4.82. The van der Waals surface area contributed by atoms with Crippen LogP contribution in [0.2, 0.25) is 0 Å². The molecular formula is C47H41NO. The second-order valence-electron chi connectivity index (χ2n) is 15.5. The van der Waals surface area contributed by atoms with Gasteiger partial charge in [-0.1, -0.05) is 103 Å². The van der Waals surface area contributed by atoms with E-state index in [1.165, 1.54) is 100.0 Å². The van der Waals surface area contributed by atoms with Crippen LogP contribution in [0.3, 0.4) is 0 Å². The van der Waals surface area contributed by atoms with Gasteiger partial charge in [0.25, 0.3) is 0 Å². The zero-order chi connectivity index (χ0) is 32.2. The Balaban J connectivity index is 1.19. The van der Waals surface area contributed by atoms with Crippen LogP contribution in [-0.2, 0) is 11.0 Å². The van der Waals surface area contributed by atoms with Gasteiger partial charge < -0.3 is 9.64 Å². The van der Waals surface area contributed by atoms with E-state index < -0.39 is 5.60 Å². The van der Waals surface area contributed by atoms with Crippen molar-refractivity contribution in [3.63, 3.8) is 0 Å². The maximum atomic E-state index is 7.75. The molecule has 6 aromatic rings. The van der Waals surface area contributed by atoms with E-state index in [1.807, 2.05) is 0 Å². The van der Waals surface area contributed by atoms with E-state index in [1.54, 1.807) is 5.56 Å². The van der Waals surface area contributed by atoms with Gasteiger partial charge in [0, 0.05) is 46.3 Å². The van der Waals surface area contributed by atoms with Gasteiger partial charge in [-0.2, -0.15) is 0 Å². The normalized spacial score (nSPS) is 26.2. The third kappa shape index (κ3) is 3.83. The molecule has 0 aromatic heterocycles. The van der Waals surface area contributed by atoms with Crippen molar-refractivity contribution in [3.05, 3.63) is 149 Å². The van der Waals surface area contributed by atoms with Crippen molar-refractivity contribution in [1.82, 2.24) is 0 Å². The Bertz CT molecular complexity index is 2310. The highest BCUT2D eigenvalue weighted by Gasteiger charge is 2.58. The molecule has 2 nitrogen and oxygen atoms in total. The SMILES string of the molecule is C1=CC(c2ccccc2)(c2ccc(N3CCCCC3)cc2)Oc2c1c1c(c3cc4ccccc4cc23)-c2ccccc2C12CC1CCC2C1. The zero-order valence-corrected chi connectivity index (χ0v) is 28.0. The number of hydrogen-bond acceptors (Lipinski definition) is 2. The van der Waals surface area contributed by atoms with Gasteiger partial charge in [0.05, 0.1) is 0 Å². The summed E-state index contributed by atoms with van der Waals surface area (Å²) in [4.78, 5) is 2.55. The maximum absolute atomic E-state index is 7.75. The molecule has 2 heterocycles. The standard InChI is InChI=1S/C47H41NO/c1-3-13-34(14-4-1)47(35-19-21-37(22-20-35)48-25-9-2-10-26-48)24-23-39-44-43(40-28-32-11-5-6-12-33(32)29-41(40)45(39)49-47)38-15-7-8-16-42(38)46(44)30-31-17-18-36(46)27-31/h1,3-8,11-16,19-24,28-29,31,36H,2,9-10,17-18,25-27,30H2. The van der Waals surface area contributed by atoms with Gasteiger partial charge in [-0.05, 0) is 119 Å². The number of piperidine rings is 1.